The first-order valence-electron chi connectivity index (χ1n) is 17.8. The quantitative estimate of drug-likeness (QED) is 0.180. The van der Waals surface area contributed by atoms with Crippen LogP contribution in [0, 0.1) is 0 Å². The van der Waals surface area contributed by atoms with Crippen LogP contribution in [0.25, 0.3) is 60.5 Å². The maximum atomic E-state index is 2.43. The number of nitrogens with zero attached hydrogens (tertiary/aromatic N) is 2. The summed E-state index contributed by atoms with van der Waals surface area (Å²) in [6.07, 6.45) is 0. The van der Waals surface area contributed by atoms with Crippen LogP contribution in [0.4, 0.5) is 17.1 Å². The Morgan fingerprint density at radius 2 is 1.02 bits per heavy atom. The van der Waals surface area contributed by atoms with E-state index in [9.17, 15) is 0 Å². The van der Waals surface area contributed by atoms with E-state index >= 15 is 0 Å². The molecule has 1 aromatic heterocycles. The number of benzene rings is 8. The number of hydrogen-bond acceptors (Lipinski definition) is 1. The second-order valence-corrected chi connectivity index (χ2v) is 14.2. The molecule has 0 amide bonds. The van der Waals surface area contributed by atoms with E-state index in [-0.39, 0.29) is 5.41 Å². The summed E-state index contributed by atoms with van der Waals surface area (Å²) in [5.74, 6) is 0. The molecule has 1 aliphatic rings. The van der Waals surface area contributed by atoms with Gasteiger partial charge in [0.05, 0.1) is 11.0 Å². The summed E-state index contributed by atoms with van der Waals surface area (Å²) in [7, 11) is 0. The van der Waals surface area contributed by atoms with E-state index in [0.29, 0.717) is 0 Å². The van der Waals surface area contributed by atoms with Gasteiger partial charge in [-0.1, -0.05) is 135 Å². The van der Waals surface area contributed by atoms with E-state index in [0.717, 1.165) is 22.7 Å². The molecule has 1 heterocycles. The standard InChI is InChI=1S/C49H36N2/c1-49(2)45-19-11-9-17-40(45)42-29-24-35-23-27-38(31-43(35)48(42)49)50(37-25-21-34(22-26-37)33-13-5-3-6-14-33)39-28-30-47-44(32-39)41-18-10-12-20-46(41)51(47)36-15-7-4-8-16-36/h3-32H,1-2H3. The molecule has 1 aliphatic carbocycles. The van der Waals surface area contributed by atoms with Gasteiger partial charge in [0.25, 0.3) is 0 Å². The van der Waals surface area contributed by atoms with Crippen molar-refractivity contribution in [3.05, 3.63) is 193 Å². The molecule has 242 valence electrons. The van der Waals surface area contributed by atoms with Gasteiger partial charge in [-0.2, -0.15) is 0 Å². The van der Waals surface area contributed by atoms with Crippen molar-refractivity contribution < 1.29 is 0 Å². The SMILES string of the molecule is CC1(C)c2ccccc2-c2ccc3ccc(N(c4ccc(-c5ccccc5)cc4)c4ccc5c(c4)c4ccccc4n5-c4ccccc4)cc3c21. The lowest BCUT2D eigenvalue weighted by atomic mass is 9.80. The monoisotopic (exact) mass is 652 g/mol. The molecular formula is C49H36N2. The van der Waals surface area contributed by atoms with Crippen molar-refractivity contribution in [2.24, 2.45) is 0 Å². The van der Waals surface area contributed by atoms with Crippen LogP contribution in [-0.2, 0) is 5.41 Å². The van der Waals surface area contributed by atoms with Crippen LogP contribution < -0.4 is 4.90 Å². The first-order valence-corrected chi connectivity index (χ1v) is 17.8. The number of aromatic nitrogens is 1. The van der Waals surface area contributed by atoms with Crippen molar-refractivity contribution in [1.82, 2.24) is 4.57 Å². The van der Waals surface area contributed by atoms with Crippen molar-refractivity contribution in [3.8, 4) is 27.9 Å². The van der Waals surface area contributed by atoms with Gasteiger partial charge in [0, 0.05) is 38.9 Å². The highest BCUT2D eigenvalue weighted by Gasteiger charge is 2.36. The molecule has 0 aliphatic heterocycles. The molecule has 0 bridgehead atoms. The van der Waals surface area contributed by atoms with Crippen LogP contribution >= 0.6 is 0 Å². The lowest BCUT2D eigenvalue weighted by molar-refractivity contribution is 0.666. The molecule has 2 nitrogen and oxygen atoms in total. The van der Waals surface area contributed by atoms with Crippen molar-refractivity contribution in [3.63, 3.8) is 0 Å². The second kappa shape index (κ2) is 11.3. The molecule has 9 aromatic rings. The molecule has 10 rings (SSSR count). The van der Waals surface area contributed by atoms with E-state index in [2.05, 4.69) is 205 Å². The Labute approximate surface area is 298 Å². The molecule has 51 heavy (non-hydrogen) atoms. The molecule has 0 unspecified atom stereocenters. The lowest BCUT2D eigenvalue weighted by Crippen LogP contribution is -2.16. The van der Waals surface area contributed by atoms with E-state index in [1.54, 1.807) is 0 Å². The Kier molecular flexibility index (Phi) is 6.56. The largest absolute Gasteiger partial charge is 0.310 e. The fourth-order valence-corrected chi connectivity index (χ4v) is 8.58. The smallest absolute Gasteiger partial charge is 0.0542 e. The predicted molar refractivity (Wildman–Crippen MR) is 216 cm³/mol. The Bertz CT molecular complexity index is 2750. The van der Waals surface area contributed by atoms with Gasteiger partial charge in [0.1, 0.15) is 0 Å². The summed E-state index contributed by atoms with van der Waals surface area (Å²) in [6, 6.07) is 66.6. The number of rotatable bonds is 5. The van der Waals surface area contributed by atoms with E-state index in [1.165, 1.54) is 66.0 Å². The summed E-state index contributed by atoms with van der Waals surface area (Å²) in [6.45, 7) is 4.75. The minimum absolute atomic E-state index is 0.107. The minimum Gasteiger partial charge on any atom is -0.310 e. The van der Waals surface area contributed by atoms with Gasteiger partial charge in [0.15, 0.2) is 0 Å². The van der Waals surface area contributed by atoms with Crippen LogP contribution in [0.1, 0.15) is 25.0 Å². The summed E-state index contributed by atoms with van der Waals surface area (Å²) >= 11 is 0. The zero-order chi connectivity index (χ0) is 34.1. The average molecular weight is 653 g/mol. The summed E-state index contributed by atoms with van der Waals surface area (Å²) in [4.78, 5) is 2.43. The maximum Gasteiger partial charge on any atom is 0.0542 e. The van der Waals surface area contributed by atoms with Crippen molar-refractivity contribution >= 4 is 49.6 Å². The van der Waals surface area contributed by atoms with Gasteiger partial charge < -0.3 is 9.47 Å². The van der Waals surface area contributed by atoms with Crippen LogP contribution in [-0.4, -0.2) is 4.57 Å². The molecule has 8 aromatic carbocycles. The molecule has 0 saturated carbocycles. The van der Waals surface area contributed by atoms with Crippen LogP contribution in [0.2, 0.25) is 0 Å². The molecule has 0 fully saturated rings. The third-order valence-corrected chi connectivity index (χ3v) is 10.9. The Morgan fingerprint density at radius 3 is 1.82 bits per heavy atom. The maximum absolute atomic E-state index is 2.43. The van der Waals surface area contributed by atoms with Gasteiger partial charge in [-0.15, -0.1) is 0 Å². The first kappa shape index (κ1) is 29.5. The molecule has 2 heteroatoms. The lowest BCUT2D eigenvalue weighted by Gasteiger charge is -2.28. The number of anilines is 3. The van der Waals surface area contributed by atoms with Crippen LogP contribution in [0.3, 0.4) is 0 Å². The topological polar surface area (TPSA) is 8.17 Å². The molecule has 0 atom stereocenters. The van der Waals surface area contributed by atoms with Crippen molar-refractivity contribution in [2.45, 2.75) is 19.3 Å². The molecule has 0 spiro atoms. The molecular weight excluding hydrogens is 617 g/mol. The minimum atomic E-state index is -0.107. The highest BCUT2D eigenvalue weighted by atomic mass is 15.1. The highest BCUT2D eigenvalue weighted by Crippen LogP contribution is 2.52. The zero-order valence-electron chi connectivity index (χ0n) is 28.7. The number of para-hydroxylation sites is 2. The van der Waals surface area contributed by atoms with Crippen molar-refractivity contribution in [2.75, 3.05) is 4.90 Å². The van der Waals surface area contributed by atoms with Gasteiger partial charge in [-0.05, 0) is 105 Å². The third kappa shape index (κ3) is 4.57. The predicted octanol–water partition coefficient (Wildman–Crippen LogP) is 13.4. The highest BCUT2D eigenvalue weighted by molar-refractivity contribution is 6.11. The van der Waals surface area contributed by atoms with Crippen molar-refractivity contribution in [1.29, 1.82) is 0 Å². The van der Waals surface area contributed by atoms with Gasteiger partial charge >= 0.3 is 0 Å². The van der Waals surface area contributed by atoms with E-state index in [4.69, 9.17) is 0 Å². The molecule has 0 radical (unpaired) electrons. The summed E-state index contributed by atoms with van der Waals surface area (Å²) in [5.41, 5.74) is 14.8. The Balaban J connectivity index is 1.20. The first-order chi connectivity index (χ1) is 25.1. The van der Waals surface area contributed by atoms with Gasteiger partial charge in [-0.3, -0.25) is 0 Å². The molecule has 0 N–H and O–H groups in total. The van der Waals surface area contributed by atoms with Gasteiger partial charge in [0.2, 0.25) is 0 Å². The normalized spacial score (nSPS) is 13.1. The Hall–Kier alpha value is -6.38. The zero-order valence-corrected chi connectivity index (χ0v) is 28.7. The van der Waals surface area contributed by atoms with E-state index in [1.807, 2.05) is 0 Å². The van der Waals surface area contributed by atoms with Gasteiger partial charge in [-0.25, -0.2) is 0 Å². The number of fused-ring (bicyclic) bond motifs is 8. The summed E-state index contributed by atoms with van der Waals surface area (Å²) < 4.78 is 2.38. The molecule has 0 saturated heterocycles. The summed E-state index contributed by atoms with van der Waals surface area (Å²) in [5, 5.41) is 5.04. The third-order valence-electron chi connectivity index (χ3n) is 10.9. The van der Waals surface area contributed by atoms with E-state index < -0.39 is 0 Å². The average Bonchev–Trinajstić information content (AvgIpc) is 3.64. The van der Waals surface area contributed by atoms with Crippen LogP contribution in [0.15, 0.2) is 182 Å². The number of hydrogen-bond donors (Lipinski definition) is 0. The Morgan fingerprint density at radius 1 is 0.431 bits per heavy atom. The van der Waals surface area contributed by atoms with Crippen LogP contribution in [0.5, 0.6) is 0 Å². The second-order valence-electron chi connectivity index (χ2n) is 14.2. The fraction of sp³-hybridized carbons (Fsp3) is 0.0612. The fourth-order valence-electron chi connectivity index (χ4n) is 8.58.